The molecule has 0 aliphatic carbocycles. The SMILES string of the molecule is CCCCC(c1cccnc1)N(C)C(=O)c1csc(NC)n1. The van der Waals surface area contributed by atoms with Crippen LogP contribution in [0.5, 0.6) is 0 Å². The molecule has 0 saturated carbocycles. The molecule has 0 aliphatic heterocycles. The summed E-state index contributed by atoms with van der Waals surface area (Å²) in [5.74, 6) is -0.0530. The van der Waals surface area contributed by atoms with E-state index in [0.717, 1.165) is 30.0 Å². The van der Waals surface area contributed by atoms with E-state index in [1.54, 1.807) is 23.5 Å². The summed E-state index contributed by atoms with van der Waals surface area (Å²) in [4.78, 5) is 22.9. The summed E-state index contributed by atoms with van der Waals surface area (Å²) in [5.41, 5.74) is 1.55. The molecule has 0 aromatic carbocycles. The zero-order valence-electron chi connectivity index (χ0n) is 13.2. The highest BCUT2D eigenvalue weighted by molar-refractivity contribution is 7.13. The highest BCUT2D eigenvalue weighted by Gasteiger charge is 2.24. The molecule has 2 heterocycles. The molecular formula is C16H22N4OS. The number of carbonyl (C=O) groups excluding carboxylic acids is 1. The molecule has 0 spiro atoms. The zero-order chi connectivity index (χ0) is 15.9. The summed E-state index contributed by atoms with van der Waals surface area (Å²) in [6, 6.07) is 3.96. The predicted octanol–water partition coefficient (Wildman–Crippen LogP) is 3.58. The third kappa shape index (κ3) is 3.82. The molecule has 2 aromatic rings. The van der Waals surface area contributed by atoms with Crippen LogP contribution in [-0.2, 0) is 0 Å². The number of nitrogens with zero attached hydrogens (tertiary/aromatic N) is 3. The summed E-state index contributed by atoms with van der Waals surface area (Å²) < 4.78 is 0. The van der Waals surface area contributed by atoms with E-state index in [4.69, 9.17) is 0 Å². The van der Waals surface area contributed by atoms with Gasteiger partial charge in [0.2, 0.25) is 0 Å². The van der Waals surface area contributed by atoms with Crippen LogP contribution in [0.2, 0.25) is 0 Å². The summed E-state index contributed by atoms with van der Waals surface area (Å²) in [5, 5.41) is 5.51. The predicted molar refractivity (Wildman–Crippen MR) is 90.3 cm³/mol. The maximum Gasteiger partial charge on any atom is 0.273 e. The van der Waals surface area contributed by atoms with Gasteiger partial charge in [-0.3, -0.25) is 9.78 Å². The number of carbonyl (C=O) groups is 1. The molecule has 1 unspecified atom stereocenters. The van der Waals surface area contributed by atoms with E-state index in [1.165, 1.54) is 11.3 Å². The van der Waals surface area contributed by atoms with Crippen molar-refractivity contribution in [2.45, 2.75) is 32.2 Å². The van der Waals surface area contributed by atoms with Crippen molar-refractivity contribution in [2.24, 2.45) is 0 Å². The van der Waals surface area contributed by atoms with Crippen molar-refractivity contribution in [1.82, 2.24) is 14.9 Å². The van der Waals surface area contributed by atoms with Crippen LogP contribution in [0.3, 0.4) is 0 Å². The normalized spacial score (nSPS) is 12.0. The Morgan fingerprint density at radius 1 is 1.50 bits per heavy atom. The molecule has 5 nitrogen and oxygen atoms in total. The zero-order valence-corrected chi connectivity index (χ0v) is 14.1. The summed E-state index contributed by atoms with van der Waals surface area (Å²) in [6.07, 6.45) is 6.68. The minimum atomic E-state index is -0.0530. The fraction of sp³-hybridized carbons (Fsp3) is 0.438. The molecule has 2 rings (SSSR count). The third-order valence-electron chi connectivity index (χ3n) is 3.63. The van der Waals surface area contributed by atoms with Gasteiger partial charge in [-0.15, -0.1) is 11.3 Å². The Morgan fingerprint density at radius 2 is 2.32 bits per heavy atom. The van der Waals surface area contributed by atoms with Gasteiger partial charge in [0, 0.05) is 31.9 Å². The minimum Gasteiger partial charge on any atom is -0.365 e. The van der Waals surface area contributed by atoms with Gasteiger partial charge in [-0.1, -0.05) is 25.8 Å². The van der Waals surface area contributed by atoms with Gasteiger partial charge in [-0.2, -0.15) is 0 Å². The van der Waals surface area contributed by atoms with Gasteiger partial charge in [0.25, 0.3) is 5.91 Å². The Bertz CT molecular complexity index is 599. The van der Waals surface area contributed by atoms with Gasteiger partial charge in [-0.05, 0) is 18.1 Å². The number of aromatic nitrogens is 2. The number of hydrogen-bond acceptors (Lipinski definition) is 5. The Balaban J connectivity index is 2.20. The second kappa shape index (κ2) is 7.89. The van der Waals surface area contributed by atoms with Crippen molar-refractivity contribution >= 4 is 22.4 Å². The topological polar surface area (TPSA) is 58.1 Å². The lowest BCUT2D eigenvalue weighted by molar-refractivity contribution is 0.0715. The molecule has 0 radical (unpaired) electrons. The van der Waals surface area contributed by atoms with E-state index >= 15 is 0 Å². The average molecular weight is 318 g/mol. The molecule has 0 bridgehead atoms. The first kappa shape index (κ1) is 16.4. The first-order valence-electron chi connectivity index (χ1n) is 7.47. The first-order valence-corrected chi connectivity index (χ1v) is 8.35. The Morgan fingerprint density at radius 3 is 2.91 bits per heavy atom. The van der Waals surface area contributed by atoms with Gasteiger partial charge in [0.1, 0.15) is 5.69 Å². The molecule has 22 heavy (non-hydrogen) atoms. The van der Waals surface area contributed by atoms with Crippen molar-refractivity contribution < 1.29 is 4.79 Å². The average Bonchev–Trinajstić information content (AvgIpc) is 3.04. The molecule has 2 aromatic heterocycles. The van der Waals surface area contributed by atoms with Gasteiger partial charge < -0.3 is 10.2 Å². The largest absolute Gasteiger partial charge is 0.365 e. The number of rotatable bonds is 7. The monoisotopic (exact) mass is 318 g/mol. The third-order valence-corrected chi connectivity index (χ3v) is 4.49. The fourth-order valence-corrected chi connectivity index (χ4v) is 3.01. The quantitative estimate of drug-likeness (QED) is 0.847. The molecule has 0 fully saturated rings. The second-order valence-electron chi connectivity index (χ2n) is 5.15. The van der Waals surface area contributed by atoms with E-state index in [2.05, 4.69) is 22.2 Å². The fourth-order valence-electron chi connectivity index (χ4n) is 2.36. The van der Waals surface area contributed by atoms with Crippen molar-refractivity contribution in [1.29, 1.82) is 0 Å². The molecule has 1 amide bonds. The standard InChI is InChI=1S/C16H22N4OS/c1-4-5-8-14(12-7-6-9-18-10-12)20(3)15(21)13-11-22-16(17-2)19-13/h6-7,9-11,14H,4-5,8H2,1-3H3,(H,17,19). The molecule has 1 atom stereocenters. The van der Waals surface area contributed by atoms with Crippen LogP contribution >= 0.6 is 11.3 Å². The summed E-state index contributed by atoms with van der Waals surface area (Å²) >= 11 is 1.44. The van der Waals surface area contributed by atoms with Crippen molar-refractivity contribution in [3.8, 4) is 0 Å². The lowest BCUT2D eigenvalue weighted by atomic mass is 10.0. The molecular weight excluding hydrogens is 296 g/mol. The number of anilines is 1. The number of unbranched alkanes of at least 4 members (excludes halogenated alkanes) is 1. The van der Waals surface area contributed by atoms with E-state index < -0.39 is 0 Å². The lowest BCUT2D eigenvalue weighted by Crippen LogP contribution is -2.31. The number of amides is 1. The number of hydrogen-bond donors (Lipinski definition) is 1. The minimum absolute atomic E-state index is 0.0286. The number of pyridine rings is 1. The van der Waals surface area contributed by atoms with Gasteiger partial charge in [0.15, 0.2) is 5.13 Å². The van der Waals surface area contributed by atoms with E-state index in [9.17, 15) is 4.79 Å². The molecule has 6 heteroatoms. The van der Waals surface area contributed by atoms with E-state index in [0.29, 0.717) is 5.69 Å². The maximum absolute atomic E-state index is 12.7. The molecule has 1 N–H and O–H groups in total. The van der Waals surface area contributed by atoms with Crippen LogP contribution in [-0.4, -0.2) is 34.9 Å². The van der Waals surface area contributed by atoms with Crippen molar-refractivity contribution in [3.63, 3.8) is 0 Å². The van der Waals surface area contributed by atoms with Crippen molar-refractivity contribution in [3.05, 3.63) is 41.2 Å². The first-order chi connectivity index (χ1) is 10.7. The summed E-state index contributed by atoms with van der Waals surface area (Å²) in [6.45, 7) is 2.15. The van der Waals surface area contributed by atoms with Crippen LogP contribution in [0.25, 0.3) is 0 Å². The lowest BCUT2D eigenvalue weighted by Gasteiger charge is -2.28. The Hall–Kier alpha value is -1.95. The van der Waals surface area contributed by atoms with Gasteiger partial charge in [-0.25, -0.2) is 4.98 Å². The maximum atomic E-state index is 12.7. The van der Waals surface area contributed by atoms with Crippen LogP contribution in [0.15, 0.2) is 29.9 Å². The smallest absolute Gasteiger partial charge is 0.273 e. The Kier molecular flexibility index (Phi) is 5.89. The molecule has 0 saturated heterocycles. The van der Waals surface area contributed by atoms with Crippen LogP contribution in [0.1, 0.15) is 48.3 Å². The summed E-state index contributed by atoms with van der Waals surface area (Å²) in [7, 11) is 3.64. The second-order valence-corrected chi connectivity index (χ2v) is 6.01. The van der Waals surface area contributed by atoms with Crippen LogP contribution in [0.4, 0.5) is 5.13 Å². The highest BCUT2D eigenvalue weighted by Crippen LogP contribution is 2.27. The highest BCUT2D eigenvalue weighted by atomic mass is 32.1. The number of thiazole rings is 1. The van der Waals surface area contributed by atoms with Crippen molar-refractivity contribution in [2.75, 3.05) is 19.4 Å². The van der Waals surface area contributed by atoms with Gasteiger partial charge >= 0.3 is 0 Å². The molecule has 0 aliphatic rings. The van der Waals surface area contributed by atoms with Crippen LogP contribution in [0, 0.1) is 0 Å². The Labute approximate surface area is 135 Å². The van der Waals surface area contributed by atoms with Crippen LogP contribution < -0.4 is 5.32 Å². The molecule has 118 valence electrons. The van der Waals surface area contributed by atoms with E-state index in [1.807, 2.05) is 25.4 Å². The van der Waals surface area contributed by atoms with Gasteiger partial charge in [0.05, 0.1) is 6.04 Å². The number of nitrogens with one attached hydrogen (secondary N) is 1. The van der Waals surface area contributed by atoms with E-state index in [-0.39, 0.29) is 11.9 Å².